The molecule has 0 spiro atoms. The first-order chi connectivity index (χ1) is 8.77. The molecule has 0 heterocycles. The molecule has 0 aromatic heterocycles. The minimum absolute atomic E-state index is 1.09. The summed E-state index contributed by atoms with van der Waals surface area (Å²) in [5.74, 6) is 6.25. The van der Waals surface area contributed by atoms with E-state index in [1.165, 1.54) is 16.7 Å². The van der Waals surface area contributed by atoms with E-state index in [0.717, 1.165) is 5.56 Å². The summed E-state index contributed by atoms with van der Waals surface area (Å²) in [4.78, 5) is 0. The van der Waals surface area contributed by atoms with E-state index in [1.54, 1.807) is 0 Å². The molecule has 0 aliphatic rings. The number of rotatable bonds is 1. The van der Waals surface area contributed by atoms with E-state index in [2.05, 4.69) is 50.0 Å². The zero-order valence-electron chi connectivity index (χ0n) is 10.8. The van der Waals surface area contributed by atoms with Crippen LogP contribution in [0, 0.1) is 25.7 Å². The molecule has 18 heavy (non-hydrogen) atoms. The van der Waals surface area contributed by atoms with Crippen LogP contribution < -0.4 is 0 Å². The van der Waals surface area contributed by atoms with Crippen molar-refractivity contribution in [2.45, 2.75) is 13.8 Å². The van der Waals surface area contributed by atoms with E-state index in [1.807, 2.05) is 36.4 Å². The van der Waals surface area contributed by atoms with Crippen molar-refractivity contribution in [2.75, 3.05) is 0 Å². The van der Waals surface area contributed by atoms with Crippen LogP contribution in [0.15, 0.2) is 54.6 Å². The summed E-state index contributed by atoms with van der Waals surface area (Å²) in [5.41, 5.74) is 4.80. The third kappa shape index (κ3) is 3.12. The number of benzene rings is 2. The number of hydrogen-bond donors (Lipinski definition) is 0. The average Bonchev–Trinajstić information content (AvgIpc) is 2.38. The van der Waals surface area contributed by atoms with Gasteiger partial charge in [-0.1, -0.05) is 54.3 Å². The second kappa shape index (κ2) is 5.89. The highest BCUT2D eigenvalue weighted by Crippen LogP contribution is 2.08. The minimum Gasteiger partial charge on any atom is -0.0696 e. The average molecular weight is 232 g/mol. The predicted octanol–water partition coefficient (Wildman–Crippen LogP) is 4.37. The molecule has 0 radical (unpaired) electrons. The Hall–Kier alpha value is -2.26. The molecule has 0 nitrogen and oxygen atoms in total. The lowest BCUT2D eigenvalue weighted by Gasteiger charge is -1.96. The number of hydrogen-bond acceptors (Lipinski definition) is 0. The van der Waals surface area contributed by atoms with Crippen molar-refractivity contribution in [3.05, 3.63) is 76.9 Å². The Morgan fingerprint density at radius 2 is 1.50 bits per heavy atom. The molecule has 88 valence electrons. The van der Waals surface area contributed by atoms with Gasteiger partial charge in [-0.25, -0.2) is 0 Å². The molecular formula is C18H16. The van der Waals surface area contributed by atoms with Gasteiger partial charge in [-0.2, -0.15) is 0 Å². The quantitative estimate of drug-likeness (QED) is 0.640. The third-order valence-electron chi connectivity index (χ3n) is 2.89. The Labute approximate surface area is 109 Å². The number of aryl methyl sites for hydroxylation is 2. The zero-order valence-corrected chi connectivity index (χ0v) is 10.8. The topological polar surface area (TPSA) is 0 Å². The molecule has 0 unspecified atom stereocenters. The van der Waals surface area contributed by atoms with Gasteiger partial charge in [0.2, 0.25) is 0 Å². The van der Waals surface area contributed by atoms with Gasteiger partial charge in [0.05, 0.1) is 0 Å². The van der Waals surface area contributed by atoms with Crippen molar-refractivity contribution < 1.29 is 0 Å². The maximum Gasteiger partial charge on any atom is 0.0278 e. The summed E-state index contributed by atoms with van der Waals surface area (Å²) >= 11 is 0. The molecule has 2 rings (SSSR count). The first-order valence-corrected chi connectivity index (χ1v) is 6.07. The first kappa shape index (κ1) is 12.2. The van der Waals surface area contributed by atoms with Gasteiger partial charge >= 0.3 is 0 Å². The Morgan fingerprint density at radius 3 is 2.22 bits per heavy atom. The van der Waals surface area contributed by atoms with E-state index in [0.29, 0.717) is 0 Å². The van der Waals surface area contributed by atoms with Gasteiger partial charge in [-0.15, -0.1) is 0 Å². The summed E-state index contributed by atoms with van der Waals surface area (Å²) in [6.45, 7) is 4.18. The molecule has 2 aromatic carbocycles. The van der Waals surface area contributed by atoms with Crippen molar-refractivity contribution in [2.24, 2.45) is 0 Å². The van der Waals surface area contributed by atoms with E-state index in [9.17, 15) is 0 Å². The van der Waals surface area contributed by atoms with Crippen molar-refractivity contribution in [1.82, 2.24) is 0 Å². The molecule has 0 atom stereocenters. The lowest BCUT2D eigenvalue weighted by Crippen LogP contribution is -1.79. The highest BCUT2D eigenvalue weighted by atomic mass is 13.9. The maximum absolute atomic E-state index is 3.17. The van der Waals surface area contributed by atoms with Crippen molar-refractivity contribution in [1.29, 1.82) is 0 Å². The maximum atomic E-state index is 3.17. The summed E-state index contributed by atoms with van der Waals surface area (Å²) < 4.78 is 0. The van der Waals surface area contributed by atoms with Crippen molar-refractivity contribution in [3.8, 4) is 11.8 Å². The Balaban J connectivity index is 2.14. The van der Waals surface area contributed by atoms with Crippen LogP contribution in [0.25, 0.3) is 6.08 Å². The van der Waals surface area contributed by atoms with Crippen LogP contribution in [0.4, 0.5) is 0 Å². The molecule has 0 amide bonds. The molecule has 0 N–H and O–H groups in total. The van der Waals surface area contributed by atoms with Crippen molar-refractivity contribution in [3.63, 3.8) is 0 Å². The van der Waals surface area contributed by atoms with E-state index in [4.69, 9.17) is 0 Å². The lowest BCUT2D eigenvalue weighted by atomic mass is 10.1. The lowest BCUT2D eigenvalue weighted by molar-refractivity contribution is 1.44. The highest BCUT2D eigenvalue weighted by Gasteiger charge is 1.90. The Bertz CT molecular complexity index is 622. The van der Waals surface area contributed by atoms with Crippen LogP contribution in [0.3, 0.4) is 0 Å². The summed E-state index contributed by atoms with van der Waals surface area (Å²) in [5, 5.41) is 0. The van der Waals surface area contributed by atoms with Gasteiger partial charge in [-0.05, 0) is 48.8 Å². The van der Waals surface area contributed by atoms with Crippen molar-refractivity contribution >= 4 is 6.08 Å². The monoisotopic (exact) mass is 232 g/mol. The molecule has 0 saturated carbocycles. The number of allylic oxidation sites excluding steroid dienone is 1. The second-order valence-electron chi connectivity index (χ2n) is 4.27. The van der Waals surface area contributed by atoms with Gasteiger partial charge in [0.25, 0.3) is 0 Å². The van der Waals surface area contributed by atoms with Crippen LogP contribution >= 0.6 is 0 Å². The fourth-order valence-electron chi connectivity index (χ4n) is 1.74. The molecule has 0 bridgehead atoms. The Kier molecular flexibility index (Phi) is 3.99. The van der Waals surface area contributed by atoms with Gasteiger partial charge in [-0.3, -0.25) is 0 Å². The molecule has 2 aromatic rings. The standard InChI is InChI=1S/C18H16/c1-15-9-3-5-11-17(15)13-7-8-14-18-12-6-4-10-16(18)2/h3-7,9-13H,1-2H3/b13-7-. The van der Waals surface area contributed by atoms with E-state index >= 15 is 0 Å². The van der Waals surface area contributed by atoms with Gasteiger partial charge in [0, 0.05) is 5.56 Å². The fourth-order valence-corrected chi connectivity index (χ4v) is 1.74. The van der Waals surface area contributed by atoms with Gasteiger partial charge in [0.15, 0.2) is 0 Å². The summed E-state index contributed by atoms with van der Waals surface area (Å²) in [6, 6.07) is 16.5. The van der Waals surface area contributed by atoms with Crippen LogP contribution in [0.1, 0.15) is 22.3 Å². The largest absolute Gasteiger partial charge is 0.0696 e. The van der Waals surface area contributed by atoms with Gasteiger partial charge < -0.3 is 0 Å². The summed E-state index contributed by atoms with van der Waals surface area (Å²) in [7, 11) is 0. The van der Waals surface area contributed by atoms with Crippen LogP contribution in [0.2, 0.25) is 0 Å². The normalized spacial score (nSPS) is 10.1. The van der Waals surface area contributed by atoms with Gasteiger partial charge in [0.1, 0.15) is 0 Å². The SMILES string of the molecule is Cc1ccccc1C#C/C=C\c1ccccc1C. The molecule has 0 saturated heterocycles. The van der Waals surface area contributed by atoms with Crippen LogP contribution in [0.5, 0.6) is 0 Å². The van der Waals surface area contributed by atoms with E-state index < -0.39 is 0 Å². The zero-order chi connectivity index (χ0) is 12.8. The molecule has 0 fully saturated rings. The minimum atomic E-state index is 1.09. The third-order valence-corrected chi connectivity index (χ3v) is 2.89. The first-order valence-electron chi connectivity index (χ1n) is 6.07. The second-order valence-corrected chi connectivity index (χ2v) is 4.27. The smallest absolute Gasteiger partial charge is 0.0278 e. The molecule has 0 aliphatic heterocycles. The van der Waals surface area contributed by atoms with E-state index in [-0.39, 0.29) is 0 Å². The Morgan fingerprint density at radius 1 is 0.833 bits per heavy atom. The molecular weight excluding hydrogens is 216 g/mol. The van der Waals surface area contributed by atoms with Crippen LogP contribution in [-0.2, 0) is 0 Å². The summed E-state index contributed by atoms with van der Waals surface area (Å²) in [6.07, 6.45) is 3.97. The van der Waals surface area contributed by atoms with Crippen LogP contribution in [-0.4, -0.2) is 0 Å². The predicted molar refractivity (Wildman–Crippen MR) is 78.3 cm³/mol. The highest BCUT2D eigenvalue weighted by molar-refractivity contribution is 5.57. The fraction of sp³-hybridized carbons (Fsp3) is 0.111. The molecule has 0 aliphatic carbocycles. The molecule has 0 heteroatoms.